The molecule has 1 saturated carbocycles. The van der Waals surface area contributed by atoms with Crippen molar-refractivity contribution in [1.82, 2.24) is 9.21 Å². The number of carbonyl (C=O) groups is 1. The summed E-state index contributed by atoms with van der Waals surface area (Å²) >= 11 is 0. The Labute approximate surface area is 213 Å². The number of benzene rings is 3. The van der Waals surface area contributed by atoms with Crippen LogP contribution in [0.5, 0.6) is 0 Å². The zero-order chi connectivity index (χ0) is 25.5. The first-order chi connectivity index (χ1) is 17.4. The topological polar surface area (TPSA) is 57.7 Å². The predicted octanol–water partition coefficient (Wildman–Crippen LogP) is 5.54. The molecule has 0 heterocycles. The van der Waals surface area contributed by atoms with Gasteiger partial charge in [0.1, 0.15) is 5.82 Å². The number of hydrogen-bond acceptors (Lipinski definition) is 3. The first-order valence-corrected chi connectivity index (χ1v) is 13.9. The summed E-state index contributed by atoms with van der Waals surface area (Å²) in [6.45, 7) is 2.91. The molecule has 0 aliphatic heterocycles. The van der Waals surface area contributed by atoms with Crippen LogP contribution in [0.4, 0.5) is 4.39 Å². The van der Waals surface area contributed by atoms with Gasteiger partial charge in [-0.15, -0.1) is 0 Å². The van der Waals surface area contributed by atoms with Crippen LogP contribution in [0.15, 0.2) is 83.8 Å². The van der Waals surface area contributed by atoms with Crippen molar-refractivity contribution >= 4 is 16.4 Å². The van der Waals surface area contributed by atoms with Gasteiger partial charge in [-0.05, 0) is 62.3 Å². The lowest BCUT2D eigenvalue weighted by Gasteiger charge is -2.36. The van der Waals surface area contributed by atoms with Gasteiger partial charge >= 0.3 is 0 Å². The third-order valence-corrected chi connectivity index (χ3v) is 8.88. The number of rotatable bonds is 10. The zero-order valence-electron chi connectivity index (χ0n) is 20.6. The van der Waals surface area contributed by atoms with Crippen LogP contribution in [0.2, 0.25) is 0 Å². The minimum absolute atomic E-state index is 0.0162. The highest BCUT2D eigenvalue weighted by atomic mass is 32.2. The lowest BCUT2D eigenvalue weighted by Crippen LogP contribution is -2.40. The quantitative estimate of drug-likeness (QED) is 0.338. The summed E-state index contributed by atoms with van der Waals surface area (Å²) in [5.74, 6) is -0.272. The van der Waals surface area contributed by atoms with Crippen LogP contribution >= 0.6 is 0 Å². The highest BCUT2D eigenvalue weighted by molar-refractivity contribution is 7.89. The van der Waals surface area contributed by atoms with Crippen LogP contribution in [0.25, 0.3) is 0 Å². The summed E-state index contributed by atoms with van der Waals surface area (Å²) in [4.78, 5) is 13.9. The molecule has 0 saturated heterocycles. The molecule has 0 atom stereocenters. The summed E-state index contributed by atoms with van der Waals surface area (Å²) in [5, 5.41) is 0. The van der Waals surface area contributed by atoms with Crippen molar-refractivity contribution in [3.8, 4) is 0 Å². The Morgan fingerprint density at radius 3 is 2.14 bits per heavy atom. The third kappa shape index (κ3) is 6.39. The smallest absolute Gasteiger partial charge is 0.243 e. The largest absolute Gasteiger partial charge is 0.338 e. The van der Waals surface area contributed by atoms with Gasteiger partial charge in [-0.1, -0.05) is 66.2 Å². The Hall–Kier alpha value is -3.03. The Kier molecular flexibility index (Phi) is 8.54. The van der Waals surface area contributed by atoms with Crippen LogP contribution in [-0.2, 0) is 27.9 Å². The molecule has 36 heavy (non-hydrogen) atoms. The fourth-order valence-corrected chi connectivity index (χ4v) is 6.42. The van der Waals surface area contributed by atoms with Gasteiger partial charge in [0.2, 0.25) is 16.4 Å². The number of carbonyl (C=O) groups excluding carboxylic acids is 1. The lowest BCUT2D eigenvalue weighted by molar-refractivity contribution is -0.121. The van der Waals surface area contributed by atoms with Crippen molar-refractivity contribution in [2.45, 2.75) is 56.6 Å². The highest BCUT2D eigenvalue weighted by Gasteiger charge is 2.31. The van der Waals surface area contributed by atoms with Crippen molar-refractivity contribution in [3.63, 3.8) is 0 Å². The second-order valence-electron chi connectivity index (χ2n) is 9.64. The van der Waals surface area contributed by atoms with Crippen LogP contribution in [-0.4, -0.2) is 36.6 Å². The third-order valence-electron chi connectivity index (χ3n) is 7.05. The predicted molar refractivity (Wildman–Crippen MR) is 139 cm³/mol. The van der Waals surface area contributed by atoms with Gasteiger partial charge < -0.3 is 4.90 Å². The van der Waals surface area contributed by atoms with Crippen molar-refractivity contribution in [2.24, 2.45) is 5.92 Å². The molecule has 4 rings (SSSR count). The van der Waals surface area contributed by atoms with Crippen LogP contribution < -0.4 is 0 Å². The summed E-state index contributed by atoms with van der Waals surface area (Å²) in [5.41, 5.74) is 2.64. The van der Waals surface area contributed by atoms with E-state index in [1.807, 2.05) is 36.1 Å². The number of hydrogen-bond donors (Lipinski definition) is 0. The zero-order valence-corrected chi connectivity index (χ0v) is 21.4. The fraction of sp³-hybridized carbons (Fsp3) is 0.345. The van der Waals surface area contributed by atoms with Crippen molar-refractivity contribution in [2.75, 3.05) is 6.54 Å². The molecule has 0 unspecified atom stereocenters. The number of amides is 1. The minimum Gasteiger partial charge on any atom is -0.338 e. The van der Waals surface area contributed by atoms with Gasteiger partial charge in [0.15, 0.2) is 0 Å². The highest BCUT2D eigenvalue weighted by Crippen LogP contribution is 2.31. The molecule has 0 N–H and O–H groups in total. The van der Waals surface area contributed by atoms with Crippen LogP contribution in [0, 0.1) is 18.7 Å². The maximum absolute atomic E-state index is 14.4. The van der Waals surface area contributed by atoms with Gasteiger partial charge in [0, 0.05) is 31.2 Å². The van der Waals surface area contributed by atoms with E-state index in [1.165, 1.54) is 15.9 Å². The summed E-state index contributed by atoms with van der Waals surface area (Å²) in [7, 11) is -3.79. The van der Waals surface area contributed by atoms with Gasteiger partial charge in [-0.25, -0.2) is 12.8 Å². The summed E-state index contributed by atoms with van der Waals surface area (Å²) < 4.78 is 42.9. The van der Waals surface area contributed by atoms with E-state index < -0.39 is 15.8 Å². The summed E-state index contributed by atoms with van der Waals surface area (Å²) in [6.07, 6.45) is 4.17. The molecular formula is C29H33FN2O3S. The number of halogens is 1. The van der Waals surface area contributed by atoms with Crippen molar-refractivity contribution < 1.29 is 17.6 Å². The molecule has 0 spiro atoms. The SMILES string of the molecule is Cc1ccc(CN(C=O)C2CCC(CN(Cc3ccccc3F)S(=O)(=O)c3ccccc3)CC2)cc1. The number of aryl methyl sites for hydroxylation is 1. The Morgan fingerprint density at radius 2 is 1.50 bits per heavy atom. The van der Waals surface area contributed by atoms with Gasteiger partial charge in [0.25, 0.3) is 0 Å². The minimum atomic E-state index is -3.79. The monoisotopic (exact) mass is 508 g/mol. The van der Waals surface area contributed by atoms with Gasteiger partial charge in [0.05, 0.1) is 4.90 Å². The van der Waals surface area contributed by atoms with Gasteiger partial charge in [-0.2, -0.15) is 4.31 Å². The molecule has 1 aliphatic rings. The van der Waals surface area contributed by atoms with E-state index in [2.05, 4.69) is 0 Å². The molecule has 7 heteroatoms. The number of sulfonamides is 1. The van der Waals surface area contributed by atoms with E-state index in [1.54, 1.807) is 48.5 Å². The van der Waals surface area contributed by atoms with E-state index in [9.17, 15) is 17.6 Å². The maximum atomic E-state index is 14.4. The Balaban J connectivity index is 1.45. The van der Waals surface area contributed by atoms with E-state index in [0.29, 0.717) is 18.7 Å². The van der Waals surface area contributed by atoms with E-state index in [0.717, 1.165) is 37.7 Å². The molecule has 1 amide bonds. The molecule has 0 aromatic heterocycles. The van der Waals surface area contributed by atoms with Crippen LogP contribution in [0.3, 0.4) is 0 Å². The van der Waals surface area contributed by atoms with E-state index in [4.69, 9.17) is 0 Å². The molecule has 5 nitrogen and oxygen atoms in total. The van der Waals surface area contributed by atoms with Crippen molar-refractivity contribution in [1.29, 1.82) is 0 Å². The normalized spacial score (nSPS) is 18.2. The molecule has 0 bridgehead atoms. The first kappa shape index (κ1) is 26.0. The van der Waals surface area contributed by atoms with E-state index in [-0.39, 0.29) is 23.4 Å². The molecular weight excluding hydrogens is 475 g/mol. The standard InChI is InChI=1S/C29H33FN2O3S/c1-23-11-13-24(14-12-23)19-31(22-33)27-17-15-25(16-18-27)20-32(21-26-7-5-6-10-29(26)30)36(34,35)28-8-3-2-4-9-28/h2-14,22,25,27H,15-21H2,1H3. The van der Waals surface area contributed by atoms with Crippen LogP contribution in [0.1, 0.15) is 42.4 Å². The average Bonchev–Trinajstić information content (AvgIpc) is 2.90. The second kappa shape index (κ2) is 11.8. The Morgan fingerprint density at radius 1 is 0.861 bits per heavy atom. The second-order valence-corrected chi connectivity index (χ2v) is 11.6. The number of nitrogens with zero attached hydrogens (tertiary/aromatic N) is 2. The Bertz CT molecular complexity index is 1240. The van der Waals surface area contributed by atoms with E-state index >= 15 is 0 Å². The lowest BCUT2D eigenvalue weighted by atomic mass is 9.85. The molecule has 190 valence electrons. The maximum Gasteiger partial charge on any atom is 0.243 e. The van der Waals surface area contributed by atoms with Crippen molar-refractivity contribution in [3.05, 3.63) is 101 Å². The van der Waals surface area contributed by atoms with Gasteiger partial charge in [-0.3, -0.25) is 4.79 Å². The fourth-order valence-electron chi connectivity index (χ4n) is 4.91. The molecule has 0 radical (unpaired) electrons. The molecule has 3 aromatic rings. The summed E-state index contributed by atoms with van der Waals surface area (Å²) in [6, 6.07) is 23.0. The molecule has 1 fully saturated rings. The first-order valence-electron chi connectivity index (χ1n) is 12.4. The molecule has 1 aliphatic carbocycles. The molecule has 3 aromatic carbocycles. The average molecular weight is 509 g/mol.